The third-order valence-corrected chi connectivity index (χ3v) is 2.71. The first-order valence-corrected chi connectivity index (χ1v) is 5.62. The third-order valence-electron chi connectivity index (χ3n) is 2.46. The minimum Gasteiger partial charge on any atom is -0.440 e. The molecule has 0 aliphatic rings. The molecule has 7 heteroatoms. The lowest BCUT2D eigenvalue weighted by Gasteiger charge is -2.08. The lowest BCUT2D eigenvalue weighted by atomic mass is 10.3. The van der Waals surface area contributed by atoms with E-state index in [0.29, 0.717) is 17.1 Å². The highest BCUT2D eigenvalue weighted by atomic mass is 35.5. The largest absolute Gasteiger partial charge is 0.440 e. The summed E-state index contributed by atoms with van der Waals surface area (Å²) >= 11 is 5.72. The van der Waals surface area contributed by atoms with Crippen LogP contribution >= 0.6 is 11.6 Å². The van der Waals surface area contributed by atoms with Crippen LogP contribution in [-0.4, -0.2) is 15.8 Å². The maximum absolute atomic E-state index is 11.7. The lowest BCUT2D eigenvalue weighted by molar-refractivity contribution is 0.111. The minimum atomic E-state index is -0.720. The number of carbonyl (C=O) groups is 1. The van der Waals surface area contributed by atoms with Crippen LogP contribution in [0.2, 0.25) is 5.02 Å². The molecule has 0 aliphatic heterocycles. The van der Waals surface area contributed by atoms with Gasteiger partial charge in [-0.25, -0.2) is 4.79 Å². The summed E-state index contributed by atoms with van der Waals surface area (Å²) in [7, 11) is 1.26. The molecule has 19 heavy (non-hydrogen) atoms. The summed E-state index contributed by atoms with van der Waals surface area (Å²) in [5, 5.41) is 0.514. The van der Waals surface area contributed by atoms with Crippen molar-refractivity contribution in [2.24, 2.45) is 7.05 Å². The van der Waals surface area contributed by atoms with Gasteiger partial charge in [0.1, 0.15) is 11.3 Å². The monoisotopic (exact) mass is 280 g/mol. The van der Waals surface area contributed by atoms with Crippen LogP contribution in [-0.2, 0) is 7.05 Å². The van der Waals surface area contributed by atoms with Gasteiger partial charge >= 0.3 is 5.69 Å². The second-order valence-corrected chi connectivity index (χ2v) is 4.15. The first kappa shape index (κ1) is 13.1. The summed E-state index contributed by atoms with van der Waals surface area (Å²) in [5.41, 5.74) is -1.64. The second-order valence-electron chi connectivity index (χ2n) is 3.71. The molecule has 1 N–H and O–H groups in total. The fourth-order valence-electron chi connectivity index (χ4n) is 1.42. The predicted octanol–water partition coefficient (Wildman–Crippen LogP) is 1.33. The van der Waals surface area contributed by atoms with Crippen molar-refractivity contribution in [3.63, 3.8) is 0 Å². The molecule has 0 amide bonds. The fourth-order valence-corrected chi connectivity index (χ4v) is 1.55. The standard InChI is InChI=1S/C12H9ClN2O4/c1-15-11(17)9(6-16)10(14-12(15)18)19-8-4-2-7(13)3-5-8/h2-6H,1H3,(H,14,18). The number of aromatic amines is 1. The topological polar surface area (TPSA) is 81.2 Å². The zero-order chi connectivity index (χ0) is 14.0. The molecule has 0 unspecified atom stereocenters. The van der Waals surface area contributed by atoms with Gasteiger partial charge in [0, 0.05) is 12.1 Å². The normalized spacial score (nSPS) is 10.2. The van der Waals surface area contributed by atoms with E-state index in [1.54, 1.807) is 24.3 Å². The maximum Gasteiger partial charge on any atom is 0.330 e. The number of ether oxygens (including phenoxy) is 1. The molecule has 0 saturated carbocycles. The van der Waals surface area contributed by atoms with E-state index in [4.69, 9.17) is 16.3 Å². The molecule has 0 spiro atoms. The summed E-state index contributed by atoms with van der Waals surface area (Å²) in [6, 6.07) is 6.26. The Kier molecular flexibility index (Phi) is 3.52. The SMILES string of the molecule is Cn1c(=O)[nH]c(Oc2ccc(Cl)cc2)c(C=O)c1=O. The summed E-state index contributed by atoms with van der Waals surface area (Å²) in [6.45, 7) is 0. The van der Waals surface area contributed by atoms with Gasteiger partial charge in [-0.15, -0.1) is 0 Å². The van der Waals surface area contributed by atoms with E-state index >= 15 is 0 Å². The molecule has 0 saturated heterocycles. The number of nitrogens with one attached hydrogen (secondary N) is 1. The van der Waals surface area contributed by atoms with Crippen molar-refractivity contribution in [2.75, 3.05) is 0 Å². The van der Waals surface area contributed by atoms with E-state index in [1.165, 1.54) is 7.05 Å². The molecular weight excluding hydrogens is 272 g/mol. The molecule has 0 bridgehead atoms. The molecule has 0 aliphatic carbocycles. The zero-order valence-corrected chi connectivity index (χ0v) is 10.6. The molecule has 98 valence electrons. The van der Waals surface area contributed by atoms with E-state index in [2.05, 4.69) is 4.98 Å². The van der Waals surface area contributed by atoms with Gasteiger partial charge in [-0.05, 0) is 24.3 Å². The third kappa shape index (κ3) is 2.58. The van der Waals surface area contributed by atoms with Crippen LogP contribution in [0.5, 0.6) is 11.6 Å². The van der Waals surface area contributed by atoms with Crippen LogP contribution in [0.3, 0.4) is 0 Å². The van der Waals surface area contributed by atoms with E-state index in [1.807, 2.05) is 0 Å². The Labute approximate surface area is 112 Å². The van der Waals surface area contributed by atoms with Gasteiger partial charge in [-0.3, -0.25) is 19.1 Å². The Morgan fingerprint density at radius 2 is 1.89 bits per heavy atom. The van der Waals surface area contributed by atoms with Crippen LogP contribution < -0.4 is 16.0 Å². The summed E-state index contributed by atoms with van der Waals surface area (Å²) < 4.78 is 6.10. The van der Waals surface area contributed by atoms with Gasteiger partial charge in [0.15, 0.2) is 6.29 Å². The lowest BCUT2D eigenvalue weighted by Crippen LogP contribution is -2.35. The number of benzene rings is 1. The Morgan fingerprint density at radius 1 is 1.26 bits per heavy atom. The average Bonchev–Trinajstić information content (AvgIpc) is 2.39. The van der Waals surface area contributed by atoms with Crippen molar-refractivity contribution in [1.29, 1.82) is 0 Å². The van der Waals surface area contributed by atoms with E-state index in [0.717, 1.165) is 4.57 Å². The molecule has 0 atom stereocenters. The fraction of sp³-hybridized carbons (Fsp3) is 0.0833. The highest BCUT2D eigenvalue weighted by Crippen LogP contribution is 2.21. The van der Waals surface area contributed by atoms with Crippen LogP contribution in [0, 0.1) is 0 Å². The molecule has 0 fully saturated rings. The summed E-state index contributed by atoms with van der Waals surface area (Å²) in [4.78, 5) is 36.4. The summed E-state index contributed by atoms with van der Waals surface area (Å²) in [5.74, 6) is 0.154. The number of carbonyl (C=O) groups excluding carboxylic acids is 1. The van der Waals surface area contributed by atoms with Crippen molar-refractivity contribution >= 4 is 17.9 Å². The number of halogens is 1. The number of hydrogen-bond acceptors (Lipinski definition) is 4. The maximum atomic E-state index is 11.7. The van der Waals surface area contributed by atoms with Crippen molar-refractivity contribution in [2.45, 2.75) is 0 Å². The van der Waals surface area contributed by atoms with E-state index < -0.39 is 11.2 Å². The molecule has 1 aromatic heterocycles. The molecular formula is C12H9ClN2O4. The van der Waals surface area contributed by atoms with E-state index in [-0.39, 0.29) is 11.4 Å². The van der Waals surface area contributed by atoms with Gasteiger partial charge < -0.3 is 4.74 Å². The van der Waals surface area contributed by atoms with Gasteiger partial charge in [0.05, 0.1) is 0 Å². The number of aromatic nitrogens is 2. The van der Waals surface area contributed by atoms with Crippen LogP contribution in [0.1, 0.15) is 10.4 Å². The molecule has 2 aromatic rings. The Hall–Kier alpha value is -2.34. The highest BCUT2D eigenvalue weighted by Gasteiger charge is 2.13. The summed E-state index contributed by atoms with van der Waals surface area (Å²) in [6.07, 6.45) is 0.337. The van der Waals surface area contributed by atoms with Gasteiger partial charge in [-0.2, -0.15) is 0 Å². The highest BCUT2D eigenvalue weighted by molar-refractivity contribution is 6.30. The molecule has 2 rings (SSSR count). The van der Waals surface area contributed by atoms with Crippen molar-refractivity contribution in [3.8, 4) is 11.6 Å². The molecule has 0 radical (unpaired) electrons. The van der Waals surface area contributed by atoms with Gasteiger partial charge in [0.25, 0.3) is 5.56 Å². The number of rotatable bonds is 3. The van der Waals surface area contributed by atoms with Crippen LogP contribution in [0.4, 0.5) is 0 Å². The quantitative estimate of drug-likeness (QED) is 0.860. The first-order valence-electron chi connectivity index (χ1n) is 5.25. The molecule has 1 heterocycles. The predicted molar refractivity (Wildman–Crippen MR) is 69.2 cm³/mol. The van der Waals surface area contributed by atoms with Gasteiger partial charge in [0.2, 0.25) is 5.88 Å². The van der Waals surface area contributed by atoms with Crippen molar-refractivity contribution in [1.82, 2.24) is 9.55 Å². The minimum absolute atomic E-state index is 0.189. The van der Waals surface area contributed by atoms with Crippen molar-refractivity contribution in [3.05, 3.63) is 55.7 Å². The first-order chi connectivity index (χ1) is 9.02. The number of hydrogen-bond donors (Lipinski definition) is 1. The number of nitrogens with zero attached hydrogens (tertiary/aromatic N) is 1. The number of H-pyrrole nitrogens is 1. The van der Waals surface area contributed by atoms with Gasteiger partial charge in [-0.1, -0.05) is 11.6 Å². The Bertz CT molecular complexity index is 731. The Morgan fingerprint density at radius 3 is 2.47 bits per heavy atom. The molecule has 6 nitrogen and oxygen atoms in total. The zero-order valence-electron chi connectivity index (χ0n) is 9.84. The van der Waals surface area contributed by atoms with E-state index in [9.17, 15) is 14.4 Å². The smallest absolute Gasteiger partial charge is 0.330 e. The number of aldehydes is 1. The average molecular weight is 281 g/mol. The second kappa shape index (κ2) is 5.11. The van der Waals surface area contributed by atoms with Crippen LogP contribution in [0.25, 0.3) is 0 Å². The van der Waals surface area contributed by atoms with Crippen molar-refractivity contribution < 1.29 is 9.53 Å². The van der Waals surface area contributed by atoms with Crippen LogP contribution in [0.15, 0.2) is 33.9 Å². The Balaban J connectivity index is 2.51. The molecule has 1 aromatic carbocycles.